The molecule has 0 aliphatic heterocycles. The smallest absolute Gasteiger partial charge is 0.149 e. The monoisotopic (exact) mass is 237 g/mol. The van der Waals surface area contributed by atoms with Crippen molar-refractivity contribution in [2.24, 2.45) is 0 Å². The normalized spacial score (nSPS) is 10.2. The number of nitrogens with zero attached hydrogens (tertiary/aromatic N) is 1. The molecule has 0 unspecified atom stereocenters. The van der Waals surface area contributed by atoms with Crippen LogP contribution in [0.1, 0.15) is 0 Å². The number of anilines is 1. The van der Waals surface area contributed by atoms with Crippen molar-refractivity contribution < 1.29 is 0 Å². The SMILES string of the molecule is Nc1nc[nH]c1-c1ccc(Br)cc1. The molecule has 3 N–H and O–H groups in total. The van der Waals surface area contributed by atoms with Gasteiger partial charge < -0.3 is 10.7 Å². The Bertz CT molecular complexity index is 405. The molecule has 0 aliphatic carbocycles. The first-order chi connectivity index (χ1) is 6.27. The topological polar surface area (TPSA) is 54.7 Å². The van der Waals surface area contributed by atoms with Crippen molar-refractivity contribution >= 4 is 21.7 Å². The number of aromatic nitrogens is 2. The molecule has 2 aromatic rings. The van der Waals surface area contributed by atoms with E-state index in [4.69, 9.17) is 5.73 Å². The highest BCUT2D eigenvalue weighted by Gasteiger charge is 2.03. The Morgan fingerprint density at radius 3 is 2.46 bits per heavy atom. The molecular formula is C9H8BrN3. The molecule has 0 radical (unpaired) electrons. The van der Waals surface area contributed by atoms with Crippen LogP contribution in [0.25, 0.3) is 11.3 Å². The third kappa shape index (κ3) is 1.58. The summed E-state index contributed by atoms with van der Waals surface area (Å²) < 4.78 is 1.05. The zero-order chi connectivity index (χ0) is 9.26. The number of hydrogen-bond acceptors (Lipinski definition) is 2. The number of nitrogens with two attached hydrogens (primary N) is 1. The van der Waals surface area contributed by atoms with Gasteiger partial charge >= 0.3 is 0 Å². The van der Waals surface area contributed by atoms with Crippen molar-refractivity contribution in [2.45, 2.75) is 0 Å². The first-order valence-corrected chi connectivity index (χ1v) is 4.61. The molecule has 0 saturated heterocycles. The van der Waals surface area contributed by atoms with E-state index in [1.54, 1.807) is 6.33 Å². The lowest BCUT2D eigenvalue weighted by molar-refractivity contribution is 1.31. The van der Waals surface area contributed by atoms with E-state index in [1.807, 2.05) is 24.3 Å². The molecular weight excluding hydrogens is 230 g/mol. The summed E-state index contributed by atoms with van der Waals surface area (Å²) in [5.41, 5.74) is 7.56. The Morgan fingerprint density at radius 1 is 1.23 bits per heavy atom. The van der Waals surface area contributed by atoms with Crippen LogP contribution in [0.4, 0.5) is 5.82 Å². The number of hydrogen-bond donors (Lipinski definition) is 2. The molecule has 4 heteroatoms. The standard InChI is InChI=1S/C9H8BrN3/c10-7-3-1-6(2-4-7)8-9(11)13-5-12-8/h1-5H,11H2,(H,12,13). The molecule has 0 fully saturated rings. The van der Waals surface area contributed by atoms with Gasteiger partial charge in [0.1, 0.15) is 5.82 Å². The van der Waals surface area contributed by atoms with Gasteiger partial charge in [-0.2, -0.15) is 0 Å². The van der Waals surface area contributed by atoms with Crippen LogP contribution < -0.4 is 5.73 Å². The summed E-state index contributed by atoms with van der Waals surface area (Å²) in [4.78, 5) is 6.92. The third-order valence-electron chi connectivity index (χ3n) is 1.80. The van der Waals surface area contributed by atoms with Crippen molar-refractivity contribution in [3.63, 3.8) is 0 Å². The van der Waals surface area contributed by atoms with E-state index in [0.29, 0.717) is 5.82 Å². The Balaban J connectivity index is 2.47. The van der Waals surface area contributed by atoms with E-state index in [0.717, 1.165) is 15.7 Å². The molecule has 13 heavy (non-hydrogen) atoms. The number of imidazole rings is 1. The van der Waals surface area contributed by atoms with Gasteiger partial charge in [-0.05, 0) is 12.1 Å². The maximum Gasteiger partial charge on any atom is 0.149 e. The number of H-pyrrole nitrogens is 1. The van der Waals surface area contributed by atoms with Crippen molar-refractivity contribution in [1.29, 1.82) is 0 Å². The molecule has 0 amide bonds. The lowest BCUT2D eigenvalue weighted by Gasteiger charge is -1.98. The third-order valence-corrected chi connectivity index (χ3v) is 2.33. The second-order valence-corrected chi connectivity index (χ2v) is 3.59. The largest absolute Gasteiger partial charge is 0.382 e. The average Bonchev–Trinajstić information content (AvgIpc) is 2.53. The first kappa shape index (κ1) is 8.31. The predicted octanol–water partition coefficient (Wildman–Crippen LogP) is 2.42. The van der Waals surface area contributed by atoms with E-state index < -0.39 is 0 Å². The Labute approximate surface area is 84.1 Å². The van der Waals surface area contributed by atoms with Crippen LogP contribution in [-0.2, 0) is 0 Å². The van der Waals surface area contributed by atoms with Gasteiger partial charge in [-0.3, -0.25) is 0 Å². The second kappa shape index (κ2) is 3.22. The minimum Gasteiger partial charge on any atom is -0.382 e. The molecule has 0 atom stereocenters. The summed E-state index contributed by atoms with van der Waals surface area (Å²) in [5.74, 6) is 0.530. The maximum absolute atomic E-state index is 5.66. The van der Waals surface area contributed by atoms with Crippen LogP contribution in [0.15, 0.2) is 35.1 Å². The van der Waals surface area contributed by atoms with E-state index >= 15 is 0 Å². The van der Waals surface area contributed by atoms with E-state index in [-0.39, 0.29) is 0 Å². The van der Waals surface area contributed by atoms with Crippen LogP contribution in [0, 0.1) is 0 Å². The molecule has 0 aliphatic rings. The highest BCUT2D eigenvalue weighted by Crippen LogP contribution is 2.23. The fourth-order valence-corrected chi connectivity index (χ4v) is 1.42. The van der Waals surface area contributed by atoms with Gasteiger partial charge in [0.2, 0.25) is 0 Å². The fourth-order valence-electron chi connectivity index (χ4n) is 1.15. The lowest BCUT2D eigenvalue weighted by atomic mass is 10.1. The Morgan fingerprint density at radius 2 is 1.92 bits per heavy atom. The van der Waals surface area contributed by atoms with Gasteiger partial charge in [0.15, 0.2) is 0 Å². The van der Waals surface area contributed by atoms with Gasteiger partial charge in [0, 0.05) is 10.0 Å². The molecule has 1 aromatic heterocycles. The van der Waals surface area contributed by atoms with Crippen LogP contribution >= 0.6 is 15.9 Å². The first-order valence-electron chi connectivity index (χ1n) is 3.82. The minimum atomic E-state index is 0.530. The zero-order valence-corrected chi connectivity index (χ0v) is 8.38. The van der Waals surface area contributed by atoms with Crippen molar-refractivity contribution in [3.8, 4) is 11.3 Å². The summed E-state index contributed by atoms with van der Waals surface area (Å²) in [5, 5.41) is 0. The highest BCUT2D eigenvalue weighted by molar-refractivity contribution is 9.10. The number of nitrogens with one attached hydrogen (secondary N) is 1. The number of rotatable bonds is 1. The molecule has 3 nitrogen and oxygen atoms in total. The van der Waals surface area contributed by atoms with Gasteiger partial charge in [0.05, 0.1) is 12.0 Å². The molecule has 1 heterocycles. The van der Waals surface area contributed by atoms with Crippen LogP contribution in [0.2, 0.25) is 0 Å². The second-order valence-electron chi connectivity index (χ2n) is 2.67. The molecule has 2 rings (SSSR count). The van der Waals surface area contributed by atoms with Gasteiger partial charge in [-0.15, -0.1) is 0 Å². The van der Waals surface area contributed by atoms with Crippen LogP contribution in [0.3, 0.4) is 0 Å². The van der Waals surface area contributed by atoms with Crippen molar-refractivity contribution in [2.75, 3.05) is 5.73 Å². The average molecular weight is 238 g/mol. The van der Waals surface area contributed by atoms with Gasteiger partial charge in [-0.25, -0.2) is 4.98 Å². The van der Waals surface area contributed by atoms with Crippen LogP contribution in [-0.4, -0.2) is 9.97 Å². The summed E-state index contributed by atoms with van der Waals surface area (Å²) in [6, 6.07) is 7.90. The number of aromatic amines is 1. The summed E-state index contributed by atoms with van der Waals surface area (Å²) in [7, 11) is 0. The number of halogens is 1. The maximum atomic E-state index is 5.66. The summed E-state index contributed by atoms with van der Waals surface area (Å²) in [6.45, 7) is 0. The van der Waals surface area contributed by atoms with E-state index in [9.17, 15) is 0 Å². The molecule has 1 aromatic carbocycles. The lowest BCUT2D eigenvalue weighted by Crippen LogP contribution is -1.87. The Hall–Kier alpha value is -1.29. The highest BCUT2D eigenvalue weighted by atomic mass is 79.9. The van der Waals surface area contributed by atoms with Gasteiger partial charge in [-0.1, -0.05) is 28.1 Å². The van der Waals surface area contributed by atoms with Crippen molar-refractivity contribution in [1.82, 2.24) is 9.97 Å². The molecule has 0 saturated carbocycles. The molecule has 66 valence electrons. The fraction of sp³-hybridized carbons (Fsp3) is 0. The minimum absolute atomic E-state index is 0.530. The van der Waals surface area contributed by atoms with Crippen LogP contribution in [0.5, 0.6) is 0 Å². The predicted molar refractivity (Wildman–Crippen MR) is 56.1 cm³/mol. The Kier molecular flexibility index (Phi) is 2.06. The summed E-state index contributed by atoms with van der Waals surface area (Å²) >= 11 is 3.37. The van der Waals surface area contributed by atoms with Gasteiger partial charge in [0.25, 0.3) is 0 Å². The number of benzene rings is 1. The summed E-state index contributed by atoms with van der Waals surface area (Å²) in [6.07, 6.45) is 1.59. The zero-order valence-electron chi connectivity index (χ0n) is 6.79. The quantitative estimate of drug-likeness (QED) is 0.801. The van der Waals surface area contributed by atoms with E-state index in [2.05, 4.69) is 25.9 Å². The number of nitrogen functional groups attached to an aromatic ring is 1. The van der Waals surface area contributed by atoms with E-state index in [1.165, 1.54) is 0 Å². The van der Waals surface area contributed by atoms with Crippen molar-refractivity contribution in [3.05, 3.63) is 35.1 Å². The molecule has 0 bridgehead atoms. The molecule has 0 spiro atoms.